The maximum atomic E-state index is 12.5. The van der Waals surface area contributed by atoms with E-state index in [9.17, 15) is 23.1 Å². The van der Waals surface area contributed by atoms with E-state index in [0.717, 1.165) is 10.3 Å². The number of halogens is 3. The molecule has 9 heteroatoms. The molecule has 136 valence electrons. The summed E-state index contributed by atoms with van der Waals surface area (Å²) in [5.41, 5.74) is 0.843. The second kappa shape index (κ2) is 8.13. The van der Waals surface area contributed by atoms with Crippen molar-refractivity contribution in [2.45, 2.75) is 18.7 Å². The minimum atomic E-state index is -4.44. The van der Waals surface area contributed by atoms with Crippen LogP contribution < -0.4 is 5.32 Å². The maximum absolute atomic E-state index is 12.5. The van der Waals surface area contributed by atoms with Crippen LogP contribution in [0.15, 0.2) is 36.5 Å². The lowest BCUT2D eigenvalue weighted by molar-refractivity contribution is -0.137. The third-order valence-electron chi connectivity index (χ3n) is 3.47. The zero-order valence-corrected chi connectivity index (χ0v) is 13.2. The van der Waals surface area contributed by atoms with Crippen LogP contribution in [0.3, 0.4) is 0 Å². The van der Waals surface area contributed by atoms with Gasteiger partial charge in [0.1, 0.15) is 0 Å². The summed E-state index contributed by atoms with van der Waals surface area (Å²) in [5, 5.41) is 21.6. The molecule has 1 heterocycles. The summed E-state index contributed by atoms with van der Waals surface area (Å²) >= 11 is 0. The van der Waals surface area contributed by atoms with Crippen LogP contribution in [-0.4, -0.2) is 58.1 Å². The molecule has 0 unspecified atom stereocenters. The van der Waals surface area contributed by atoms with E-state index in [1.54, 1.807) is 30.3 Å². The summed E-state index contributed by atoms with van der Waals surface area (Å²) in [6.07, 6.45) is -5.45. The van der Waals surface area contributed by atoms with Crippen LogP contribution >= 0.6 is 0 Å². The van der Waals surface area contributed by atoms with Crippen molar-refractivity contribution in [2.24, 2.45) is 0 Å². The first-order valence-electron chi connectivity index (χ1n) is 7.55. The lowest BCUT2D eigenvalue weighted by Crippen LogP contribution is -2.43. The first-order valence-corrected chi connectivity index (χ1v) is 7.55. The van der Waals surface area contributed by atoms with Crippen LogP contribution in [0.4, 0.5) is 23.7 Å². The lowest BCUT2D eigenvalue weighted by atomic mass is 10.2. The van der Waals surface area contributed by atoms with Crippen LogP contribution in [0.5, 0.6) is 0 Å². The molecule has 0 fully saturated rings. The van der Waals surface area contributed by atoms with Crippen molar-refractivity contribution >= 4 is 22.6 Å². The van der Waals surface area contributed by atoms with Crippen LogP contribution in [-0.2, 0) is 0 Å². The van der Waals surface area contributed by atoms with Gasteiger partial charge in [0.25, 0.3) is 0 Å². The first kappa shape index (κ1) is 18.9. The number of nitrogens with zero attached hydrogens (tertiary/aromatic N) is 2. The number of aliphatic hydroxyl groups is 2. The highest BCUT2D eigenvalue weighted by molar-refractivity contribution is 5.99. The molecule has 0 saturated carbocycles. The van der Waals surface area contributed by atoms with Crippen LogP contribution in [0.1, 0.15) is 6.42 Å². The average Bonchev–Trinajstić information content (AvgIpc) is 2.57. The highest BCUT2D eigenvalue weighted by Gasteiger charge is 2.29. The molecule has 0 aliphatic heterocycles. The van der Waals surface area contributed by atoms with Crippen LogP contribution in [0.2, 0.25) is 0 Å². The predicted molar refractivity (Wildman–Crippen MR) is 86.1 cm³/mol. The summed E-state index contributed by atoms with van der Waals surface area (Å²) in [5.74, 6) is 0. The van der Waals surface area contributed by atoms with Crippen molar-refractivity contribution in [3.63, 3.8) is 0 Å². The second-order valence-corrected chi connectivity index (χ2v) is 5.46. The lowest BCUT2D eigenvalue weighted by Gasteiger charge is -2.25. The quantitative estimate of drug-likeness (QED) is 0.741. The van der Waals surface area contributed by atoms with E-state index >= 15 is 0 Å². The van der Waals surface area contributed by atoms with Crippen molar-refractivity contribution in [2.75, 3.05) is 25.0 Å². The fraction of sp³-hybridized carbons (Fsp3) is 0.375. The molecule has 2 rings (SSSR count). The Kier molecular flexibility index (Phi) is 6.16. The third kappa shape index (κ3) is 5.57. The highest BCUT2D eigenvalue weighted by Crippen LogP contribution is 2.22. The molecule has 1 aromatic carbocycles. The van der Waals surface area contributed by atoms with Gasteiger partial charge in [0.15, 0.2) is 0 Å². The van der Waals surface area contributed by atoms with E-state index in [0.29, 0.717) is 11.2 Å². The fourth-order valence-corrected chi connectivity index (χ4v) is 2.25. The molecule has 25 heavy (non-hydrogen) atoms. The largest absolute Gasteiger partial charge is 0.394 e. The summed E-state index contributed by atoms with van der Waals surface area (Å²) in [6.45, 7) is -1.72. The predicted octanol–water partition coefficient (Wildman–Crippen LogP) is 2.37. The minimum absolute atomic E-state index is 0.346. The monoisotopic (exact) mass is 357 g/mol. The maximum Gasteiger partial charge on any atom is 0.390 e. The van der Waals surface area contributed by atoms with E-state index in [2.05, 4.69) is 10.3 Å². The number of benzene rings is 1. The Hall–Kier alpha value is -2.39. The van der Waals surface area contributed by atoms with Crippen molar-refractivity contribution in [3.05, 3.63) is 36.5 Å². The molecular weight excluding hydrogens is 339 g/mol. The molecule has 0 radical (unpaired) electrons. The number of amides is 2. The SMILES string of the molecule is O=C(Nc1cccc2cccnc12)N(CCC(F)(F)F)C[C@H](O)CO. The number of pyridine rings is 1. The normalized spacial score (nSPS) is 12.8. The average molecular weight is 357 g/mol. The number of nitrogens with one attached hydrogen (secondary N) is 1. The number of hydrogen-bond donors (Lipinski definition) is 3. The molecule has 1 aromatic heterocycles. The highest BCUT2D eigenvalue weighted by atomic mass is 19.4. The Balaban J connectivity index is 2.17. The number of carbonyl (C=O) groups is 1. The molecule has 3 N–H and O–H groups in total. The number of fused-ring (bicyclic) bond motifs is 1. The van der Waals surface area contributed by atoms with Crippen LogP contribution in [0.25, 0.3) is 10.9 Å². The number of rotatable bonds is 6. The second-order valence-electron chi connectivity index (χ2n) is 5.46. The topological polar surface area (TPSA) is 85.7 Å². The molecule has 2 amide bonds. The van der Waals surface area contributed by atoms with Crippen molar-refractivity contribution < 1.29 is 28.2 Å². The van der Waals surface area contributed by atoms with Gasteiger partial charge in [-0.1, -0.05) is 18.2 Å². The molecule has 0 spiro atoms. The standard InChI is InChI=1S/C16H18F3N3O3/c17-16(18,19)6-8-22(9-12(24)10-23)15(25)21-13-5-1-3-11-4-2-7-20-14(11)13/h1-5,7,12,23-24H,6,8-10H2,(H,21,25)/t12-/m0/s1. The van der Waals surface area contributed by atoms with Gasteiger partial charge < -0.3 is 20.4 Å². The summed E-state index contributed by atoms with van der Waals surface area (Å²) < 4.78 is 37.4. The number of alkyl halides is 3. The van der Waals surface area contributed by atoms with Gasteiger partial charge in [0.2, 0.25) is 0 Å². The summed E-state index contributed by atoms with van der Waals surface area (Å²) in [4.78, 5) is 17.3. The first-order chi connectivity index (χ1) is 11.8. The Morgan fingerprint density at radius 1 is 1.28 bits per heavy atom. The van der Waals surface area contributed by atoms with Crippen molar-refractivity contribution in [3.8, 4) is 0 Å². The van der Waals surface area contributed by atoms with Crippen LogP contribution in [0, 0.1) is 0 Å². The summed E-state index contributed by atoms with van der Waals surface area (Å²) in [7, 11) is 0. The minimum Gasteiger partial charge on any atom is -0.394 e. The number of anilines is 1. The number of para-hydroxylation sites is 1. The van der Waals surface area contributed by atoms with Gasteiger partial charge in [-0.25, -0.2) is 4.79 Å². The van der Waals surface area contributed by atoms with Gasteiger partial charge in [-0.2, -0.15) is 13.2 Å². The van der Waals surface area contributed by atoms with Gasteiger partial charge >= 0.3 is 12.2 Å². The molecule has 0 saturated heterocycles. The van der Waals surface area contributed by atoms with Gasteiger partial charge in [-0.05, 0) is 12.1 Å². The van der Waals surface area contributed by atoms with Crippen molar-refractivity contribution in [1.29, 1.82) is 0 Å². The van der Waals surface area contributed by atoms with Crippen molar-refractivity contribution in [1.82, 2.24) is 9.88 Å². The van der Waals surface area contributed by atoms with E-state index < -0.39 is 44.4 Å². The van der Waals surface area contributed by atoms with Gasteiger partial charge in [-0.3, -0.25) is 4.98 Å². The van der Waals surface area contributed by atoms with Gasteiger partial charge in [-0.15, -0.1) is 0 Å². The zero-order valence-electron chi connectivity index (χ0n) is 13.2. The van der Waals surface area contributed by atoms with E-state index in [-0.39, 0.29) is 0 Å². The Bertz CT molecular complexity index is 719. The molecule has 1 atom stereocenters. The van der Waals surface area contributed by atoms with E-state index in [1.807, 2.05) is 0 Å². The van der Waals surface area contributed by atoms with Gasteiger partial charge in [0.05, 0.1) is 36.9 Å². The number of hydrogen-bond acceptors (Lipinski definition) is 4. The molecular formula is C16H18F3N3O3. The zero-order chi connectivity index (χ0) is 18.4. The molecule has 0 aliphatic carbocycles. The number of urea groups is 1. The van der Waals surface area contributed by atoms with E-state index in [1.165, 1.54) is 6.20 Å². The summed E-state index contributed by atoms with van der Waals surface area (Å²) in [6, 6.07) is 7.75. The molecule has 0 bridgehead atoms. The molecule has 0 aliphatic rings. The third-order valence-corrected chi connectivity index (χ3v) is 3.47. The van der Waals surface area contributed by atoms with Gasteiger partial charge in [0, 0.05) is 18.1 Å². The molecule has 2 aromatic rings. The number of aliphatic hydroxyl groups excluding tert-OH is 2. The Morgan fingerprint density at radius 2 is 2.00 bits per heavy atom. The molecule has 6 nitrogen and oxygen atoms in total. The smallest absolute Gasteiger partial charge is 0.390 e. The number of aromatic nitrogens is 1. The van der Waals surface area contributed by atoms with E-state index in [4.69, 9.17) is 5.11 Å². The Labute approximate surface area is 141 Å². The fourth-order valence-electron chi connectivity index (χ4n) is 2.25. The number of carbonyl (C=O) groups excluding carboxylic acids is 1. The Morgan fingerprint density at radius 3 is 2.68 bits per heavy atom.